The Kier molecular flexibility index (Phi) is 2.85. The fraction of sp³-hybridized carbons (Fsp3) is 0.750. The van der Waals surface area contributed by atoms with Gasteiger partial charge in [0.25, 0.3) is 5.91 Å². The predicted molar refractivity (Wildman–Crippen MR) is 66.4 cm³/mol. The van der Waals surface area contributed by atoms with E-state index in [9.17, 15) is 13.6 Å². The number of amides is 1. The van der Waals surface area contributed by atoms with Gasteiger partial charge in [0.05, 0.1) is 5.69 Å². The number of carbonyl (C=O) groups excluding carboxylic acids is 1. The number of aryl methyl sites for hydroxylation is 1. The zero-order chi connectivity index (χ0) is 13.7. The monoisotopic (exact) mass is 287 g/mol. The van der Waals surface area contributed by atoms with E-state index in [2.05, 4.69) is 14.9 Å². The number of hydrogen-bond acceptors (Lipinski definition) is 4. The molecule has 1 N–H and O–H groups in total. The van der Waals surface area contributed by atoms with Crippen LogP contribution in [0.1, 0.15) is 47.5 Å². The minimum atomic E-state index is -2.51. The fourth-order valence-electron chi connectivity index (χ4n) is 2.88. The van der Waals surface area contributed by atoms with Gasteiger partial charge >= 0.3 is 0 Å². The van der Waals surface area contributed by atoms with E-state index in [1.807, 2.05) is 0 Å². The van der Waals surface area contributed by atoms with Crippen LogP contribution in [0, 0.1) is 12.3 Å². The van der Waals surface area contributed by atoms with Gasteiger partial charge in [-0.3, -0.25) is 4.79 Å². The highest BCUT2D eigenvalue weighted by atomic mass is 32.1. The number of nitrogens with zero attached hydrogens (tertiary/aromatic N) is 2. The Morgan fingerprint density at radius 1 is 1.37 bits per heavy atom. The molecule has 4 nitrogen and oxygen atoms in total. The van der Waals surface area contributed by atoms with Crippen LogP contribution >= 0.6 is 11.5 Å². The molecule has 1 amide bonds. The molecule has 1 aromatic rings. The van der Waals surface area contributed by atoms with Crippen LogP contribution in [-0.2, 0) is 0 Å². The summed E-state index contributed by atoms with van der Waals surface area (Å²) >= 11 is 1.07. The Morgan fingerprint density at radius 3 is 2.63 bits per heavy atom. The predicted octanol–water partition coefficient (Wildman–Crippen LogP) is 2.54. The fourth-order valence-corrected chi connectivity index (χ4v) is 3.44. The van der Waals surface area contributed by atoms with Gasteiger partial charge in [-0.1, -0.05) is 4.49 Å². The van der Waals surface area contributed by atoms with Gasteiger partial charge in [0.15, 0.2) is 0 Å². The summed E-state index contributed by atoms with van der Waals surface area (Å²) in [7, 11) is 0. The van der Waals surface area contributed by atoms with Gasteiger partial charge in [0, 0.05) is 18.9 Å². The van der Waals surface area contributed by atoms with Gasteiger partial charge in [-0.2, -0.15) is 0 Å². The van der Waals surface area contributed by atoms with Crippen LogP contribution in [0.25, 0.3) is 0 Å². The maximum absolute atomic E-state index is 13.1. The third kappa shape index (κ3) is 2.35. The van der Waals surface area contributed by atoms with Crippen molar-refractivity contribution < 1.29 is 13.6 Å². The molecule has 3 rings (SSSR count). The van der Waals surface area contributed by atoms with Crippen LogP contribution in [0.3, 0.4) is 0 Å². The van der Waals surface area contributed by atoms with E-state index in [-0.39, 0.29) is 30.2 Å². The molecule has 2 saturated carbocycles. The van der Waals surface area contributed by atoms with Crippen molar-refractivity contribution in [2.45, 2.75) is 51.0 Å². The lowest BCUT2D eigenvalue weighted by Gasteiger charge is -2.29. The van der Waals surface area contributed by atoms with Gasteiger partial charge in [0.2, 0.25) is 5.92 Å². The molecule has 1 aromatic heterocycles. The third-order valence-corrected chi connectivity index (χ3v) is 5.16. The number of alkyl halides is 2. The molecular formula is C12H15F2N3OS. The van der Waals surface area contributed by atoms with Crippen LogP contribution in [0.4, 0.5) is 8.78 Å². The van der Waals surface area contributed by atoms with E-state index < -0.39 is 5.92 Å². The van der Waals surface area contributed by atoms with Gasteiger partial charge in [0.1, 0.15) is 4.88 Å². The van der Waals surface area contributed by atoms with Crippen LogP contribution in [0.5, 0.6) is 0 Å². The summed E-state index contributed by atoms with van der Waals surface area (Å²) < 4.78 is 30.0. The highest BCUT2D eigenvalue weighted by molar-refractivity contribution is 7.08. The molecule has 19 heavy (non-hydrogen) atoms. The molecule has 0 saturated heterocycles. The lowest BCUT2D eigenvalue weighted by Crippen LogP contribution is -2.33. The van der Waals surface area contributed by atoms with Crippen molar-refractivity contribution in [2.75, 3.05) is 0 Å². The number of aromatic nitrogens is 2. The Balaban J connectivity index is 1.59. The molecule has 2 aliphatic carbocycles. The number of halogens is 2. The first-order chi connectivity index (χ1) is 8.92. The summed E-state index contributed by atoms with van der Waals surface area (Å²) in [5.41, 5.74) is 0.538. The normalized spacial score (nSPS) is 27.2. The summed E-state index contributed by atoms with van der Waals surface area (Å²) in [5.74, 6) is -2.69. The van der Waals surface area contributed by atoms with Gasteiger partial charge < -0.3 is 5.32 Å². The molecular weight excluding hydrogens is 272 g/mol. The zero-order valence-corrected chi connectivity index (χ0v) is 11.4. The minimum Gasteiger partial charge on any atom is -0.348 e. The molecule has 1 unspecified atom stereocenters. The summed E-state index contributed by atoms with van der Waals surface area (Å²) in [6.45, 7) is 1.74. The number of hydrogen-bond donors (Lipinski definition) is 1. The molecule has 1 heterocycles. The Labute approximate surface area is 113 Å². The van der Waals surface area contributed by atoms with Crippen LogP contribution in [0.15, 0.2) is 0 Å². The minimum absolute atomic E-state index is 0.0394. The van der Waals surface area contributed by atoms with E-state index in [0.717, 1.165) is 18.0 Å². The molecule has 2 aliphatic rings. The van der Waals surface area contributed by atoms with Crippen molar-refractivity contribution in [2.24, 2.45) is 5.41 Å². The molecule has 2 fully saturated rings. The number of rotatable bonds is 2. The second-order valence-electron chi connectivity index (χ2n) is 5.64. The lowest BCUT2D eigenvalue weighted by molar-refractivity contribution is -0.0506. The zero-order valence-electron chi connectivity index (χ0n) is 10.6. The summed E-state index contributed by atoms with van der Waals surface area (Å²) in [5, 5.41) is 6.73. The van der Waals surface area contributed by atoms with Crippen LogP contribution in [-0.4, -0.2) is 27.5 Å². The lowest BCUT2D eigenvalue weighted by atomic mass is 9.83. The standard InChI is InChI=1S/C12H15F2N3OS/c1-7-9(19-17-16-7)10(18)15-8-6-11(8)2-4-12(13,14)5-3-11/h8H,2-6H2,1H3,(H,15,18). The van der Waals surface area contributed by atoms with Crippen molar-refractivity contribution >= 4 is 17.4 Å². The number of nitrogens with one attached hydrogen (secondary N) is 1. The van der Waals surface area contributed by atoms with Crippen LogP contribution < -0.4 is 5.32 Å². The smallest absolute Gasteiger partial charge is 0.265 e. The van der Waals surface area contributed by atoms with E-state index in [0.29, 0.717) is 23.4 Å². The topological polar surface area (TPSA) is 54.9 Å². The maximum atomic E-state index is 13.1. The SMILES string of the molecule is Cc1nnsc1C(=O)NC1CC12CCC(F)(F)CC2. The van der Waals surface area contributed by atoms with Crippen molar-refractivity contribution in [3.63, 3.8) is 0 Å². The summed E-state index contributed by atoms with van der Waals surface area (Å²) in [6, 6.07) is 0.0394. The van der Waals surface area contributed by atoms with E-state index in [1.165, 1.54) is 0 Å². The van der Waals surface area contributed by atoms with Gasteiger partial charge in [-0.15, -0.1) is 5.10 Å². The van der Waals surface area contributed by atoms with E-state index in [4.69, 9.17) is 0 Å². The largest absolute Gasteiger partial charge is 0.348 e. The first-order valence-electron chi connectivity index (χ1n) is 6.40. The second kappa shape index (κ2) is 4.19. The summed E-state index contributed by atoms with van der Waals surface area (Å²) in [6.07, 6.45) is 1.72. The average molecular weight is 287 g/mol. The Bertz CT molecular complexity index is 507. The molecule has 0 bridgehead atoms. The molecule has 1 atom stereocenters. The van der Waals surface area contributed by atoms with Crippen molar-refractivity contribution in [3.8, 4) is 0 Å². The van der Waals surface area contributed by atoms with E-state index in [1.54, 1.807) is 6.92 Å². The quantitative estimate of drug-likeness (QED) is 0.909. The average Bonchev–Trinajstić information content (AvgIpc) is 2.81. The molecule has 104 valence electrons. The summed E-state index contributed by atoms with van der Waals surface area (Å²) in [4.78, 5) is 12.5. The first kappa shape index (κ1) is 12.9. The molecule has 0 radical (unpaired) electrons. The highest BCUT2D eigenvalue weighted by Crippen LogP contribution is 2.58. The van der Waals surface area contributed by atoms with Crippen molar-refractivity contribution in [3.05, 3.63) is 10.6 Å². The first-order valence-corrected chi connectivity index (χ1v) is 7.17. The van der Waals surface area contributed by atoms with Gasteiger partial charge in [-0.05, 0) is 43.1 Å². The molecule has 7 heteroatoms. The molecule has 1 spiro atoms. The maximum Gasteiger partial charge on any atom is 0.265 e. The van der Waals surface area contributed by atoms with Crippen molar-refractivity contribution in [1.29, 1.82) is 0 Å². The van der Waals surface area contributed by atoms with Crippen LogP contribution in [0.2, 0.25) is 0 Å². The molecule has 0 aromatic carbocycles. The van der Waals surface area contributed by atoms with Gasteiger partial charge in [-0.25, -0.2) is 8.78 Å². The second-order valence-corrected chi connectivity index (χ2v) is 6.39. The molecule has 0 aliphatic heterocycles. The third-order valence-electron chi connectivity index (χ3n) is 4.33. The number of carbonyl (C=O) groups is 1. The Morgan fingerprint density at radius 2 is 2.05 bits per heavy atom. The highest BCUT2D eigenvalue weighted by Gasteiger charge is 2.58. The Hall–Kier alpha value is -1.11. The van der Waals surface area contributed by atoms with Crippen molar-refractivity contribution in [1.82, 2.24) is 14.9 Å². The van der Waals surface area contributed by atoms with E-state index >= 15 is 0 Å².